The van der Waals surface area contributed by atoms with Crippen molar-refractivity contribution in [2.24, 2.45) is 0 Å². The molecule has 3 aromatic rings. The monoisotopic (exact) mass is 447 g/mol. The number of anilines is 1. The first kappa shape index (κ1) is 21.3. The molecular weight excluding hydrogens is 430 g/mol. The zero-order valence-corrected chi connectivity index (χ0v) is 17.7. The van der Waals surface area contributed by atoms with E-state index < -0.39 is 23.7 Å². The molecule has 1 aliphatic rings. The minimum absolute atomic E-state index is 0.0412. The predicted molar refractivity (Wildman–Crippen MR) is 120 cm³/mol. The highest BCUT2D eigenvalue weighted by Gasteiger charge is 2.46. The number of nitrogens with zero attached hydrogens (tertiary/aromatic N) is 1. The summed E-state index contributed by atoms with van der Waals surface area (Å²) in [5, 5.41) is 11.4. The second-order valence-electron chi connectivity index (χ2n) is 7.13. The number of amides is 1. The van der Waals surface area contributed by atoms with Gasteiger partial charge in [0.25, 0.3) is 11.7 Å². The zero-order chi connectivity index (χ0) is 22.8. The Morgan fingerprint density at radius 2 is 1.62 bits per heavy atom. The van der Waals surface area contributed by atoms with Gasteiger partial charge < -0.3 is 9.84 Å². The van der Waals surface area contributed by atoms with Crippen LogP contribution in [0.5, 0.6) is 0 Å². The fraction of sp³-hybridized carbons (Fsp3) is 0.0800. The molecule has 0 aliphatic carbocycles. The van der Waals surface area contributed by atoms with Gasteiger partial charge in [0.05, 0.1) is 24.3 Å². The lowest BCUT2D eigenvalue weighted by atomic mass is 9.95. The number of hydrogen-bond acceptors (Lipinski definition) is 5. The molecule has 0 saturated carbocycles. The number of Topliss-reactive ketones (excluding diaryl/α,β-unsaturated/α-hetero) is 1. The van der Waals surface area contributed by atoms with Crippen LogP contribution in [0.2, 0.25) is 5.02 Å². The molecule has 0 radical (unpaired) electrons. The summed E-state index contributed by atoms with van der Waals surface area (Å²) in [6.45, 7) is 0. The van der Waals surface area contributed by atoms with Crippen LogP contribution in [0.15, 0.2) is 84.4 Å². The number of carbonyl (C=O) groups excluding carboxylic acids is 3. The van der Waals surface area contributed by atoms with Crippen LogP contribution in [-0.2, 0) is 14.3 Å². The number of esters is 1. The Morgan fingerprint density at radius 3 is 2.25 bits per heavy atom. The van der Waals surface area contributed by atoms with Crippen molar-refractivity contribution in [1.29, 1.82) is 0 Å². The van der Waals surface area contributed by atoms with E-state index in [0.717, 1.165) is 0 Å². The molecule has 1 atom stereocenters. The number of ketones is 1. The van der Waals surface area contributed by atoms with Gasteiger partial charge in [-0.1, -0.05) is 54.1 Å². The van der Waals surface area contributed by atoms with Crippen molar-refractivity contribution in [3.8, 4) is 0 Å². The minimum atomic E-state index is -0.862. The van der Waals surface area contributed by atoms with E-state index in [1.807, 2.05) is 6.07 Å². The molecule has 4 rings (SSSR count). The van der Waals surface area contributed by atoms with Gasteiger partial charge in [0.15, 0.2) is 0 Å². The molecule has 1 fully saturated rings. The van der Waals surface area contributed by atoms with Crippen LogP contribution in [0, 0.1) is 0 Å². The summed E-state index contributed by atoms with van der Waals surface area (Å²) in [6, 6.07) is 20.7. The average Bonchev–Trinajstić information content (AvgIpc) is 3.09. The van der Waals surface area contributed by atoms with E-state index in [9.17, 15) is 19.5 Å². The van der Waals surface area contributed by atoms with Gasteiger partial charge in [-0.05, 0) is 42.0 Å². The highest BCUT2D eigenvalue weighted by molar-refractivity contribution is 6.51. The number of hydrogen-bond donors (Lipinski definition) is 1. The number of ether oxygens (including phenoxy) is 1. The topological polar surface area (TPSA) is 83.9 Å². The summed E-state index contributed by atoms with van der Waals surface area (Å²) in [5.74, 6) is -2.42. The number of methoxy groups -OCH3 is 1. The van der Waals surface area contributed by atoms with Gasteiger partial charge in [-0.15, -0.1) is 0 Å². The predicted octanol–water partition coefficient (Wildman–Crippen LogP) is 4.75. The maximum absolute atomic E-state index is 13.1. The SMILES string of the molecule is COC(=O)c1ccc(N2C(=O)C(=O)/C(=C(/O)c3cccc(Cl)c3)C2c2ccccc2)cc1. The molecule has 1 N–H and O–H groups in total. The van der Waals surface area contributed by atoms with E-state index in [-0.39, 0.29) is 11.3 Å². The molecule has 7 heteroatoms. The van der Waals surface area contributed by atoms with Crippen molar-refractivity contribution in [1.82, 2.24) is 0 Å². The van der Waals surface area contributed by atoms with Crippen LogP contribution in [0.3, 0.4) is 0 Å². The first-order valence-electron chi connectivity index (χ1n) is 9.72. The van der Waals surface area contributed by atoms with Gasteiger partial charge >= 0.3 is 5.97 Å². The van der Waals surface area contributed by atoms with Crippen molar-refractivity contribution in [2.75, 3.05) is 12.0 Å². The summed E-state index contributed by atoms with van der Waals surface area (Å²) < 4.78 is 4.71. The summed E-state index contributed by atoms with van der Waals surface area (Å²) in [4.78, 5) is 39.2. The van der Waals surface area contributed by atoms with E-state index >= 15 is 0 Å². The van der Waals surface area contributed by atoms with Gasteiger partial charge in [-0.2, -0.15) is 0 Å². The maximum atomic E-state index is 13.1. The lowest BCUT2D eigenvalue weighted by molar-refractivity contribution is -0.132. The van der Waals surface area contributed by atoms with Gasteiger partial charge in [-0.25, -0.2) is 4.79 Å². The van der Waals surface area contributed by atoms with E-state index in [4.69, 9.17) is 16.3 Å². The molecule has 3 aromatic carbocycles. The molecule has 6 nitrogen and oxygen atoms in total. The fourth-order valence-corrected chi connectivity index (χ4v) is 3.91. The van der Waals surface area contributed by atoms with Crippen LogP contribution in [0.1, 0.15) is 27.5 Å². The Balaban J connectivity index is 1.89. The van der Waals surface area contributed by atoms with Crippen LogP contribution in [0.4, 0.5) is 5.69 Å². The molecule has 1 amide bonds. The van der Waals surface area contributed by atoms with Crippen LogP contribution >= 0.6 is 11.6 Å². The van der Waals surface area contributed by atoms with Crippen molar-refractivity contribution < 1.29 is 24.2 Å². The molecule has 0 spiro atoms. The minimum Gasteiger partial charge on any atom is -0.507 e. The summed E-state index contributed by atoms with van der Waals surface area (Å²) >= 11 is 6.06. The highest BCUT2D eigenvalue weighted by Crippen LogP contribution is 2.42. The second-order valence-corrected chi connectivity index (χ2v) is 7.57. The van der Waals surface area contributed by atoms with Crippen LogP contribution in [0.25, 0.3) is 5.76 Å². The summed E-state index contributed by atoms with van der Waals surface area (Å²) in [7, 11) is 1.28. The van der Waals surface area contributed by atoms with Gasteiger partial charge in [0, 0.05) is 16.3 Å². The van der Waals surface area contributed by atoms with Gasteiger partial charge in [0.2, 0.25) is 0 Å². The molecular formula is C25H18ClNO5. The largest absolute Gasteiger partial charge is 0.507 e. The third kappa shape index (κ3) is 3.76. The van der Waals surface area contributed by atoms with Crippen molar-refractivity contribution >= 4 is 40.7 Å². The Hall–Kier alpha value is -3.90. The average molecular weight is 448 g/mol. The number of aliphatic hydroxyl groups excluding tert-OH is 1. The molecule has 0 bridgehead atoms. The van der Waals surface area contributed by atoms with Crippen molar-refractivity contribution in [3.63, 3.8) is 0 Å². The van der Waals surface area contributed by atoms with Crippen molar-refractivity contribution in [2.45, 2.75) is 6.04 Å². The summed E-state index contributed by atoms with van der Waals surface area (Å²) in [5.41, 5.74) is 1.65. The Morgan fingerprint density at radius 1 is 0.938 bits per heavy atom. The molecule has 1 unspecified atom stereocenters. The van der Waals surface area contributed by atoms with Crippen molar-refractivity contribution in [3.05, 3.63) is 106 Å². The quantitative estimate of drug-likeness (QED) is 0.270. The van der Waals surface area contributed by atoms with E-state index in [2.05, 4.69) is 0 Å². The lowest BCUT2D eigenvalue weighted by Crippen LogP contribution is -2.29. The van der Waals surface area contributed by atoms with Crippen LogP contribution in [-0.4, -0.2) is 29.9 Å². The smallest absolute Gasteiger partial charge is 0.337 e. The maximum Gasteiger partial charge on any atom is 0.337 e. The lowest BCUT2D eigenvalue weighted by Gasteiger charge is -2.25. The third-order valence-electron chi connectivity index (χ3n) is 5.22. The number of halogens is 1. The normalized spacial score (nSPS) is 17.4. The number of rotatable bonds is 4. The van der Waals surface area contributed by atoms with Gasteiger partial charge in [0.1, 0.15) is 5.76 Å². The van der Waals surface area contributed by atoms with E-state index in [1.165, 1.54) is 30.2 Å². The van der Waals surface area contributed by atoms with Crippen LogP contribution < -0.4 is 4.90 Å². The van der Waals surface area contributed by atoms with E-state index in [1.54, 1.807) is 54.6 Å². The first-order chi connectivity index (χ1) is 15.4. The number of benzene rings is 3. The molecule has 160 valence electrons. The molecule has 1 heterocycles. The first-order valence-corrected chi connectivity index (χ1v) is 10.1. The highest BCUT2D eigenvalue weighted by atomic mass is 35.5. The molecule has 1 aliphatic heterocycles. The summed E-state index contributed by atoms with van der Waals surface area (Å²) in [6.07, 6.45) is 0. The Bertz CT molecular complexity index is 1230. The Kier molecular flexibility index (Phi) is 5.79. The molecule has 32 heavy (non-hydrogen) atoms. The van der Waals surface area contributed by atoms with E-state index in [0.29, 0.717) is 27.4 Å². The molecule has 1 saturated heterocycles. The standard InChI is InChI=1S/C25H18ClNO5/c1-32-25(31)16-10-12-19(13-11-16)27-21(15-6-3-2-4-7-15)20(23(29)24(27)30)22(28)17-8-5-9-18(26)14-17/h2-14,21,28H,1H3/b22-20+. The number of carbonyl (C=O) groups is 3. The Labute approximate surface area is 189 Å². The van der Waals surface area contributed by atoms with Gasteiger partial charge in [-0.3, -0.25) is 14.5 Å². The second kappa shape index (κ2) is 8.69. The third-order valence-corrected chi connectivity index (χ3v) is 5.46. The fourth-order valence-electron chi connectivity index (χ4n) is 3.72. The number of aliphatic hydroxyl groups is 1. The zero-order valence-electron chi connectivity index (χ0n) is 17.0. The molecule has 0 aromatic heterocycles.